The Hall–Kier alpha value is -1.02. The van der Waals surface area contributed by atoms with Crippen LogP contribution in [0.4, 0.5) is 5.69 Å². The molecule has 1 aliphatic carbocycles. The first-order valence-corrected chi connectivity index (χ1v) is 5.32. The van der Waals surface area contributed by atoms with Gasteiger partial charge in [-0.3, -0.25) is 0 Å². The molecule has 76 valence electrons. The number of hydrogen-bond acceptors (Lipinski definition) is 2. The first kappa shape index (κ1) is 9.53. The molecule has 0 amide bonds. The molecule has 0 radical (unpaired) electrons. The SMILES string of the molecule is CC1(NCCNc2ccccc2)CC1. The van der Waals surface area contributed by atoms with Gasteiger partial charge in [0, 0.05) is 24.3 Å². The Morgan fingerprint density at radius 2 is 1.86 bits per heavy atom. The van der Waals surface area contributed by atoms with Crippen LogP contribution in [0.15, 0.2) is 30.3 Å². The maximum absolute atomic E-state index is 3.54. The van der Waals surface area contributed by atoms with Crippen LogP contribution in [0.5, 0.6) is 0 Å². The molecule has 0 spiro atoms. The van der Waals surface area contributed by atoms with E-state index in [2.05, 4.69) is 41.8 Å². The van der Waals surface area contributed by atoms with Crippen LogP contribution in [0, 0.1) is 0 Å². The van der Waals surface area contributed by atoms with Gasteiger partial charge in [0.05, 0.1) is 0 Å². The molecular formula is C12H18N2. The van der Waals surface area contributed by atoms with Crippen LogP contribution in [-0.2, 0) is 0 Å². The number of benzene rings is 1. The van der Waals surface area contributed by atoms with Crippen LogP contribution in [0.1, 0.15) is 19.8 Å². The predicted molar refractivity (Wildman–Crippen MR) is 60.6 cm³/mol. The van der Waals surface area contributed by atoms with Gasteiger partial charge in [0.2, 0.25) is 0 Å². The molecule has 0 bridgehead atoms. The zero-order valence-corrected chi connectivity index (χ0v) is 8.72. The maximum Gasteiger partial charge on any atom is 0.0340 e. The van der Waals surface area contributed by atoms with E-state index in [4.69, 9.17) is 0 Å². The van der Waals surface area contributed by atoms with Crippen LogP contribution in [-0.4, -0.2) is 18.6 Å². The molecular weight excluding hydrogens is 172 g/mol. The molecule has 2 nitrogen and oxygen atoms in total. The quantitative estimate of drug-likeness (QED) is 0.696. The van der Waals surface area contributed by atoms with Crippen LogP contribution in [0.25, 0.3) is 0 Å². The summed E-state index contributed by atoms with van der Waals surface area (Å²) in [6, 6.07) is 10.3. The number of nitrogens with one attached hydrogen (secondary N) is 2. The largest absolute Gasteiger partial charge is 0.384 e. The summed E-state index contributed by atoms with van der Waals surface area (Å²) < 4.78 is 0. The molecule has 0 heterocycles. The highest BCUT2D eigenvalue weighted by Gasteiger charge is 2.35. The van der Waals surface area contributed by atoms with E-state index in [0.29, 0.717) is 5.54 Å². The number of hydrogen-bond donors (Lipinski definition) is 2. The predicted octanol–water partition coefficient (Wildman–Crippen LogP) is 2.24. The first-order chi connectivity index (χ1) is 6.79. The topological polar surface area (TPSA) is 24.1 Å². The molecule has 1 aliphatic rings. The van der Waals surface area contributed by atoms with E-state index in [-0.39, 0.29) is 0 Å². The van der Waals surface area contributed by atoms with Crippen molar-refractivity contribution in [3.05, 3.63) is 30.3 Å². The molecule has 1 fully saturated rings. The Morgan fingerprint density at radius 3 is 2.50 bits per heavy atom. The van der Waals surface area contributed by atoms with Gasteiger partial charge in [-0.1, -0.05) is 18.2 Å². The molecule has 1 aromatic carbocycles. The first-order valence-electron chi connectivity index (χ1n) is 5.32. The van der Waals surface area contributed by atoms with Crippen molar-refractivity contribution >= 4 is 5.69 Å². The summed E-state index contributed by atoms with van der Waals surface area (Å²) in [6.07, 6.45) is 2.66. The molecule has 0 aromatic heterocycles. The standard InChI is InChI=1S/C12H18N2/c1-12(7-8-12)14-10-9-13-11-5-3-2-4-6-11/h2-6,13-14H,7-10H2,1H3. The Labute approximate surface area is 85.7 Å². The second kappa shape index (κ2) is 4.01. The Bertz CT molecular complexity index is 278. The van der Waals surface area contributed by atoms with Crippen molar-refractivity contribution in [2.24, 2.45) is 0 Å². The third kappa shape index (κ3) is 2.74. The minimum Gasteiger partial charge on any atom is -0.384 e. The van der Waals surface area contributed by atoms with Gasteiger partial charge in [0.25, 0.3) is 0 Å². The third-order valence-corrected chi connectivity index (χ3v) is 2.78. The van der Waals surface area contributed by atoms with Crippen molar-refractivity contribution < 1.29 is 0 Å². The number of para-hydroxylation sites is 1. The normalized spacial score (nSPS) is 17.8. The molecule has 0 aliphatic heterocycles. The van der Waals surface area contributed by atoms with Crippen molar-refractivity contribution in [3.63, 3.8) is 0 Å². The summed E-state index contributed by atoms with van der Waals surface area (Å²) in [7, 11) is 0. The van der Waals surface area contributed by atoms with Gasteiger partial charge in [-0.05, 0) is 31.9 Å². The molecule has 1 saturated carbocycles. The van der Waals surface area contributed by atoms with Crippen molar-refractivity contribution in [1.29, 1.82) is 0 Å². The fraction of sp³-hybridized carbons (Fsp3) is 0.500. The average molecular weight is 190 g/mol. The molecule has 0 saturated heterocycles. The molecule has 2 N–H and O–H groups in total. The second-order valence-electron chi connectivity index (χ2n) is 4.28. The zero-order chi connectivity index (χ0) is 9.86. The van der Waals surface area contributed by atoms with Crippen molar-refractivity contribution in [2.75, 3.05) is 18.4 Å². The lowest BCUT2D eigenvalue weighted by atomic mass is 10.3. The molecule has 0 atom stereocenters. The number of rotatable bonds is 5. The van der Waals surface area contributed by atoms with E-state index >= 15 is 0 Å². The average Bonchev–Trinajstić information content (AvgIpc) is 2.94. The highest BCUT2D eigenvalue weighted by Crippen LogP contribution is 2.33. The molecule has 14 heavy (non-hydrogen) atoms. The highest BCUT2D eigenvalue weighted by atomic mass is 15.0. The maximum atomic E-state index is 3.54. The lowest BCUT2D eigenvalue weighted by molar-refractivity contribution is 0.551. The van der Waals surface area contributed by atoms with Gasteiger partial charge in [0.1, 0.15) is 0 Å². The van der Waals surface area contributed by atoms with Crippen LogP contribution >= 0.6 is 0 Å². The molecule has 0 unspecified atom stereocenters. The van der Waals surface area contributed by atoms with E-state index in [1.165, 1.54) is 18.5 Å². The van der Waals surface area contributed by atoms with Gasteiger partial charge in [-0.2, -0.15) is 0 Å². The van der Waals surface area contributed by atoms with Gasteiger partial charge >= 0.3 is 0 Å². The van der Waals surface area contributed by atoms with Gasteiger partial charge in [-0.15, -0.1) is 0 Å². The smallest absolute Gasteiger partial charge is 0.0340 e. The van der Waals surface area contributed by atoms with Crippen LogP contribution < -0.4 is 10.6 Å². The Morgan fingerprint density at radius 1 is 1.14 bits per heavy atom. The zero-order valence-electron chi connectivity index (χ0n) is 8.72. The summed E-state index contributed by atoms with van der Waals surface area (Å²) in [5.41, 5.74) is 1.66. The van der Waals surface area contributed by atoms with E-state index in [1.807, 2.05) is 6.07 Å². The van der Waals surface area contributed by atoms with Crippen molar-refractivity contribution in [1.82, 2.24) is 5.32 Å². The summed E-state index contributed by atoms with van der Waals surface area (Å²) >= 11 is 0. The second-order valence-corrected chi connectivity index (χ2v) is 4.28. The van der Waals surface area contributed by atoms with E-state index in [0.717, 1.165) is 13.1 Å². The van der Waals surface area contributed by atoms with Crippen molar-refractivity contribution in [2.45, 2.75) is 25.3 Å². The van der Waals surface area contributed by atoms with Crippen LogP contribution in [0.2, 0.25) is 0 Å². The van der Waals surface area contributed by atoms with Gasteiger partial charge in [-0.25, -0.2) is 0 Å². The summed E-state index contributed by atoms with van der Waals surface area (Å²) in [5, 5.41) is 6.92. The minimum atomic E-state index is 0.457. The summed E-state index contributed by atoms with van der Waals surface area (Å²) in [4.78, 5) is 0. The molecule has 2 heteroatoms. The van der Waals surface area contributed by atoms with E-state index < -0.39 is 0 Å². The van der Waals surface area contributed by atoms with Gasteiger partial charge in [0.15, 0.2) is 0 Å². The summed E-state index contributed by atoms with van der Waals surface area (Å²) in [5.74, 6) is 0. The van der Waals surface area contributed by atoms with E-state index in [9.17, 15) is 0 Å². The fourth-order valence-corrected chi connectivity index (χ4v) is 1.49. The molecule has 2 rings (SSSR count). The molecule has 1 aromatic rings. The summed E-state index contributed by atoms with van der Waals surface area (Å²) in [6.45, 7) is 4.33. The monoisotopic (exact) mass is 190 g/mol. The Balaban J connectivity index is 1.63. The minimum absolute atomic E-state index is 0.457. The fourth-order valence-electron chi connectivity index (χ4n) is 1.49. The Kier molecular flexibility index (Phi) is 2.73. The van der Waals surface area contributed by atoms with Gasteiger partial charge < -0.3 is 10.6 Å². The van der Waals surface area contributed by atoms with Crippen molar-refractivity contribution in [3.8, 4) is 0 Å². The highest BCUT2D eigenvalue weighted by molar-refractivity contribution is 5.42. The third-order valence-electron chi connectivity index (χ3n) is 2.78. The van der Waals surface area contributed by atoms with E-state index in [1.54, 1.807) is 0 Å². The lowest BCUT2D eigenvalue weighted by Crippen LogP contribution is -2.32. The lowest BCUT2D eigenvalue weighted by Gasteiger charge is -2.12. The number of anilines is 1. The van der Waals surface area contributed by atoms with Crippen LogP contribution in [0.3, 0.4) is 0 Å².